The van der Waals surface area contributed by atoms with Crippen LogP contribution >= 0.6 is 0 Å². The molecule has 0 radical (unpaired) electrons. The first-order valence-corrected chi connectivity index (χ1v) is 13.4. The van der Waals surface area contributed by atoms with Crippen molar-refractivity contribution in [2.45, 2.75) is 18.4 Å². The van der Waals surface area contributed by atoms with Gasteiger partial charge in [0.2, 0.25) is 5.91 Å². The molecule has 3 aromatic carbocycles. The van der Waals surface area contributed by atoms with Crippen LogP contribution in [0.4, 0.5) is 5.69 Å². The summed E-state index contributed by atoms with van der Waals surface area (Å²) in [5.41, 5.74) is 4.57. The molecular weight excluding hydrogens is 494 g/mol. The van der Waals surface area contributed by atoms with Crippen molar-refractivity contribution >= 4 is 17.5 Å². The quantitative estimate of drug-likeness (QED) is 0.501. The molecule has 0 saturated carbocycles. The largest absolute Gasteiger partial charge is 0.497 e. The smallest absolute Gasteiger partial charge is 0.254 e. The lowest BCUT2D eigenvalue weighted by atomic mass is 9.75. The molecule has 1 saturated heterocycles. The van der Waals surface area contributed by atoms with Crippen LogP contribution in [0.5, 0.6) is 17.2 Å². The highest BCUT2D eigenvalue weighted by Crippen LogP contribution is 2.49. The van der Waals surface area contributed by atoms with Crippen LogP contribution in [0.25, 0.3) is 0 Å². The number of rotatable bonds is 5. The van der Waals surface area contributed by atoms with Crippen LogP contribution in [0.15, 0.2) is 60.7 Å². The fraction of sp³-hybridized carbons (Fsp3) is 0.355. The number of piperazine rings is 1. The van der Waals surface area contributed by atoms with Crippen LogP contribution in [0.2, 0.25) is 0 Å². The van der Waals surface area contributed by atoms with E-state index in [1.54, 1.807) is 27.4 Å². The van der Waals surface area contributed by atoms with Crippen LogP contribution in [-0.2, 0) is 11.2 Å². The summed E-state index contributed by atoms with van der Waals surface area (Å²) < 4.78 is 16.4. The zero-order valence-corrected chi connectivity index (χ0v) is 22.6. The monoisotopic (exact) mass is 527 g/mol. The van der Waals surface area contributed by atoms with E-state index in [0.29, 0.717) is 42.3 Å². The predicted molar refractivity (Wildman–Crippen MR) is 148 cm³/mol. The summed E-state index contributed by atoms with van der Waals surface area (Å²) in [6.45, 7) is 3.24. The van der Waals surface area contributed by atoms with Crippen LogP contribution in [0.3, 0.4) is 0 Å². The van der Waals surface area contributed by atoms with Crippen molar-refractivity contribution in [3.05, 3.63) is 82.9 Å². The van der Waals surface area contributed by atoms with Crippen molar-refractivity contribution in [2.75, 3.05) is 59.0 Å². The molecule has 2 atom stereocenters. The van der Waals surface area contributed by atoms with Crippen molar-refractivity contribution in [1.29, 1.82) is 0 Å². The average molecular weight is 528 g/mol. The maximum absolute atomic E-state index is 14.4. The van der Waals surface area contributed by atoms with Crippen LogP contribution in [0.1, 0.15) is 39.0 Å². The number of fused-ring (bicyclic) bond motifs is 4. The second-order valence-corrected chi connectivity index (χ2v) is 10.2. The van der Waals surface area contributed by atoms with Gasteiger partial charge in [0, 0.05) is 44.0 Å². The zero-order valence-electron chi connectivity index (χ0n) is 22.6. The second kappa shape index (κ2) is 10.2. The fourth-order valence-electron chi connectivity index (χ4n) is 6.29. The van der Waals surface area contributed by atoms with E-state index in [4.69, 9.17) is 14.2 Å². The number of ether oxygens (including phenoxy) is 3. The lowest BCUT2D eigenvalue weighted by molar-refractivity contribution is -0.135. The van der Waals surface area contributed by atoms with E-state index in [0.717, 1.165) is 36.5 Å². The van der Waals surface area contributed by atoms with Crippen molar-refractivity contribution in [1.82, 2.24) is 9.80 Å². The van der Waals surface area contributed by atoms with Crippen LogP contribution in [-0.4, -0.2) is 75.7 Å². The molecule has 3 aromatic rings. The second-order valence-electron chi connectivity index (χ2n) is 10.2. The SMILES string of the molecule is COc1ccc(N2CCN(C(=O)[C@H]3c4cc(OC)c(OC)cc4C(=O)N4CCc5ccccc5[C@@H]34)CC2)cc1. The Balaban J connectivity index is 1.36. The number of nitrogens with zero attached hydrogens (tertiary/aromatic N) is 3. The van der Waals surface area contributed by atoms with E-state index in [2.05, 4.69) is 29.2 Å². The normalized spacial score (nSPS) is 20.1. The van der Waals surface area contributed by atoms with Crippen molar-refractivity contribution in [2.24, 2.45) is 0 Å². The van der Waals surface area contributed by atoms with E-state index < -0.39 is 5.92 Å². The zero-order chi connectivity index (χ0) is 27.1. The molecule has 0 aliphatic carbocycles. The molecule has 0 aromatic heterocycles. The Morgan fingerprint density at radius 2 is 1.49 bits per heavy atom. The van der Waals surface area contributed by atoms with E-state index in [9.17, 15) is 9.59 Å². The van der Waals surface area contributed by atoms with Gasteiger partial charge in [-0.05, 0) is 59.5 Å². The third-order valence-corrected chi connectivity index (χ3v) is 8.32. The molecule has 202 valence electrons. The molecule has 2 amide bonds. The maximum Gasteiger partial charge on any atom is 0.254 e. The number of carbonyl (C=O) groups is 2. The van der Waals surface area contributed by atoms with Gasteiger partial charge in [0.1, 0.15) is 5.75 Å². The average Bonchev–Trinajstić information content (AvgIpc) is 3.00. The Morgan fingerprint density at radius 1 is 0.795 bits per heavy atom. The molecular formula is C31H33N3O5. The molecule has 3 aliphatic rings. The van der Waals surface area contributed by atoms with Gasteiger partial charge in [-0.15, -0.1) is 0 Å². The van der Waals surface area contributed by atoms with Gasteiger partial charge in [0.05, 0.1) is 33.3 Å². The summed E-state index contributed by atoms with van der Waals surface area (Å²) in [7, 11) is 4.79. The van der Waals surface area contributed by atoms with Crippen molar-refractivity contribution in [3.63, 3.8) is 0 Å². The molecule has 3 aliphatic heterocycles. The number of benzene rings is 3. The van der Waals surface area contributed by atoms with Crippen LogP contribution in [0, 0.1) is 0 Å². The predicted octanol–water partition coefficient (Wildman–Crippen LogP) is 3.90. The molecule has 0 bridgehead atoms. The first kappa shape index (κ1) is 25.1. The minimum absolute atomic E-state index is 0.0389. The van der Waals surface area contributed by atoms with E-state index in [-0.39, 0.29) is 17.9 Å². The Bertz CT molecular complexity index is 1400. The lowest BCUT2D eigenvalue weighted by Crippen LogP contribution is -2.54. The molecule has 6 rings (SSSR count). The Morgan fingerprint density at radius 3 is 2.18 bits per heavy atom. The van der Waals surface area contributed by atoms with E-state index >= 15 is 0 Å². The molecule has 8 heteroatoms. The van der Waals surface area contributed by atoms with E-state index in [1.807, 2.05) is 40.1 Å². The molecule has 8 nitrogen and oxygen atoms in total. The molecule has 39 heavy (non-hydrogen) atoms. The number of hydrogen-bond acceptors (Lipinski definition) is 6. The minimum atomic E-state index is -0.536. The van der Waals surface area contributed by atoms with Crippen molar-refractivity contribution < 1.29 is 23.8 Å². The number of carbonyl (C=O) groups excluding carboxylic acids is 2. The molecule has 0 N–H and O–H groups in total. The molecule has 0 unspecified atom stereocenters. The van der Waals surface area contributed by atoms with Gasteiger partial charge >= 0.3 is 0 Å². The van der Waals surface area contributed by atoms with Gasteiger partial charge in [0.25, 0.3) is 5.91 Å². The Labute approximate surface area is 228 Å². The van der Waals surface area contributed by atoms with Gasteiger partial charge < -0.3 is 28.9 Å². The number of hydrogen-bond donors (Lipinski definition) is 0. The summed E-state index contributed by atoms with van der Waals surface area (Å²) in [4.78, 5) is 34.4. The topological polar surface area (TPSA) is 71.5 Å². The summed E-state index contributed by atoms with van der Waals surface area (Å²) >= 11 is 0. The third-order valence-electron chi connectivity index (χ3n) is 8.32. The fourth-order valence-corrected chi connectivity index (χ4v) is 6.29. The van der Waals surface area contributed by atoms with Gasteiger partial charge in [-0.1, -0.05) is 24.3 Å². The summed E-state index contributed by atoms with van der Waals surface area (Å²) in [5.74, 6) is 1.26. The highest BCUT2D eigenvalue weighted by Gasteiger charge is 2.48. The first-order valence-electron chi connectivity index (χ1n) is 13.4. The van der Waals surface area contributed by atoms with Gasteiger partial charge in [-0.25, -0.2) is 0 Å². The molecule has 0 spiro atoms. The van der Waals surface area contributed by atoms with Gasteiger partial charge in [-0.2, -0.15) is 0 Å². The Kier molecular flexibility index (Phi) is 6.54. The lowest BCUT2D eigenvalue weighted by Gasteiger charge is -2.47. The minimum Gasteiger partial charge on any atom is -0.497 e. The van der Waals surface area contributed by atoms with Crippen molar-refractivity contribution in [3.8, 4) is 17.2 Å². The van der Waals surface area contributed by atoms with Crippen LogP contribution < -0.4 is 19.1 Å². The van der Waals surface area contributed by atoms with Gasteiger partial charge in [0.15, 0.2) is 11.5 Å². The highest BCUT2D eigenvalue weighted by molar-refractivity contribution is 6.02. The number of anilines is 1. The van der Waals surface area contributed by atoms with Gasteiger partial charge in [-0.3, -0.25) is 9.59 Å². The number of methoxy groups -OCH3 is 3. The molecule has 3 heterocycles. The standard InChI is InChI=1S/C31H33N3O5/c1-37-22-10-8-21(9-11-22)32-14-16-33(17-15-32)31(36)28-24-18-26(38-2)27(39-3)19-25(24)30(35)34-13-12-20-6-4-5-7-23(20)29(28)34/h4-11,18-19,28-29H,12-17H2,1-3H3/t28-,29-/m0/s1. The molecule has 1 fully saturated rings. The third kappa shape index (κ3) is 4.24. The maximum atomic E-state index is 14.4. The number of amides is 2. The summed E-state index contributed by atoms with van der Waals surface area (Å²) in [6, 6.07) is 19.4. The highest BCUT2D eigenvalue weighted by atomic mass is 16.5. The summed E-state index contributed by atoms with van der Waals surface area (Å²) in [6.07, 6.45) is 0.766. The van der Waals surface area contributed by atoms with E-state index in [1.165, 1.54) is 5.56 Å². The Hall–Kier alpha value is -4.20. The summed E-state index contributed by atoms with van der Waals surface area (Å²) in [5, 5.41) is 0. The first-order chi connectivity index (χ1) is 19.0.